The molecule has 1 spiro atoms. The summed E-state index contributed by atoms with van der Waals surface area (Å²) in [7, 11) is 0. The maximum Gasteiger partial charge on any atom is 0.246 e. The summed E-state index contributed by atoms with van der Waals surface area (Å²) in [5.41, 5.74) is 1.04. The van der Waals surface area contributed by atoms with Gasteiger partial charge in [0, 0.05) is 35.7 Å². The molecule has 0 radical (unpaired) electrons. The summed E-state index contributed by atoms with van der Waals surface area (Å²) >= 11 is 6.28. The van der Waals surface area contributed by atoms with Gasteiger partial charge >= 0.3 is 0 Å². The smallest absolute Gasteiger partial charge is 0.246 e. The van der Waals surface area contributed by atoms with Crippen LogP contribution in [0.5, 0.6) is 0 Å². The first-order chi connectivity index (χ1) is 19.2. The van der Waals surface area contributed by atoms with E-state index in [4.69, 9.17) is 16.3 Å². The van der Waals surface area contributed by atoms with Crippen molar-refractivity contribution in [3.63, 3.8) is 0 Å². The molecule has 1 aromatic heterocycles. The molecular formula is C31H35ClN4O4. The first-order valence-electron chi connectivity index (χ1n) is 14.1. The van der Waals surface area contributed by atoms with Crippen LogP contribution in [0.4, 0.5) is 5.69 Å². The Morgan fingerprint density at radius 3 is 2.77 bits per heavy atom. The van der Waals surface area contributed by atoms with Crippen LogP contribution in [0.3, 0.4) is 0 Å². The van der Waals surface area contributed by atoms with Crippen LogP contribution in [0.1, 0.15) is 44.2 Å². The van der Waals surface area contributed by atoms with Crippen molar-refractivity contribution in [3.8, 4) is 0 Å². The van der Waals surface area contributed by atoms with Crippen LogP contribution in [-0.4, -0.2) is 51.4 Å². The topological polar surface area (TPSA) is 101 Å². The fourth-order valence-corrected chi connectivity index (χ4v) is 7.25. The number of nitrogens with zero attached hydrogens (tertiary/aromatic N) is 2. The number of halogens is 1. The third-order valence-corrected chi connectivity index (χ3v) is 9.88. The highest BCUT2D eigenvalue weighted by Crippen LogP contribution is 2.55. The molecule has 8 nitrogen and oxygen atoms in total. The van der Waals surface area contributed by atoms with E-state index in [1.165, 1.54) is 0 Å². The van der Waals surface area contributed by atoms with E-state index in [0.29, 0.717) is 22.5 Å². The van der Waals surface area contributed by atoms with Crippen molar-refractivity contribution in [2.75, 3.05) is 5.32 Å². The quantitative estimate of drug-likeness (QED) is 0.512. The van der Waals surface area contributed by atoms with Crippen LogP contribution in [0.25, 0.3) is 0 Å². The molecule has 210 valence electrons. The Bertz CT molecular complexity index is 1370. The average molecular weight is 563 g/mol. The van der Waals surface area contributed by atoms with E-state index in [-0.39, 0.29) is 30.3 Å². The van der Waals surface area contributed by atoms with Crippen LogP contribution in [0.2, 0.25) is 5.02 Å². The maximum atomic E-state index is 14.2. The zero-order chi connectivity index (χ0) is 28.2. The van der Waals surface area contributed by atoms with Gasteiger partial charge in [-0.05, 0) is 54.5 Å². The number of anilines is 1. The number of hydrogen-bond acceptors (Lipinski definition) is 5. The number of carbonyl (C=O) groups is 3. The Labute approximate surface area is 239 Å². The minimum absolute atomic E-state index is 0.0232. The molecule has 3 aliphatic heterocycles. The Kier molecular flexibility index (Phi) is 6.95. The highest BCUT2D eigenvalue weighted by Gasteiger charge is 2.72. The predicted octanol–water partition coefficient (Wildman–Crippen LogP) is 4.27. The number of rotatable bonds is 6. The summed E-state index contributed by atoms with van der Waals surface area (Å²) in [4.78, 5) is 47.8. The third-order valence-electron chi connectivity index (χ3n) is 9.47. The summed E-state index contributed by atoms with van der Waals surface area (Å²) in [6.45, 7) is 6.49. The van der Waals surface area contributed by atoms with Crippen LogP contribution >= 0.6 is 11.6 Å². The van der Waals surface area contributed by atoms with Gasteiger partial charge < -0.3 is 20.3 Å². The second-order valence-electron chi connectivity index (χ2n) is 11.9. The zero-order valence-electron chi connectivity index (χ0n) is 23.0. The van der Waals surface area contributed by atoms with Gasteiger partial charge in [0.2, 0.25) is 17.7 Å². The molecule has 1 aliphatic carbocycles. The fraction of sp³-hybridized carbons (Fsp3) is 0.484. The predicted molar refractivity (Wildman–Crippen MR) is 151 cm³/mol. The molecule has 1 saturated carbocycles. The Morgan fingerprint density at radius 2 is 2.02 bits per heavy atom. The number of pyridine rings is 1. The van der Waals surface area contributed by atoms with Gasteiger partial charge in [-0.1, -0.05) is 62.6 Å². The minimum atomic E-state index is -1.22. The monoisotopic (exact) mass is 562 g/mol. The average Bonchev–Trinajstić information content (AvgIpc) is 3.57. The molecule has 8 atom stereocenters. The summed E-state index contributed by atoms with van der Waals surface area (Å²) in [6.07, 6.45) is 9.53. The number of likely N-dealkylation sites (tertiary alicyclic amines) is 1. The van der Waals surface area contributed by atoms with Crippen LogP contribution in [0, 0.1) is 30.6 Å². The van der Waals surface area contributed by atoms with Gasteiger partial charge in [0.1, 0.15) is 11.6 Å². The SMILES string of the molecule is Cc1ccc(NC(=O)[C@H]2[C@H]3C=C[C@@]4(O3)[C@H]2C(=O)N(Cc2cccnc2)[C@@H]4C(=O)N[C@@H]2CCC[C@H](C)[C@@H]2C)cc1Cl. The van der Waals surface area contributed by atoms with Crippen molar-refractivity contribution in [2.45, 2.75) is 70.4 Å². The number of nitrogens with one attached hydrogen (secondary N) is 2. The lowest BCUT2D eigenvalue weighted by atomic mass is 9.73. The molecule has 3 amide bonds. The normalized spacial score (nSPS) is 34.1. The van der Waals surface area contributed by atoms with Crippen LogP contribution in [-0.2, 0) is 25.7 Å². The van der Waals surface area contributed by atoms with Gasteiger partial charge in [0.15, 0.2) is 0 Å². The van der Waals surface area contributed by atoms with Crippen molar-refractivity contribution >= 4 is 35.0 Å². The number of carbonyl (C=O) groups excluding carboxylic acids is 3. The van der Waals surface area contributed by atoms with E-state index >= 15 is 0 Å². The zero-order valence-corrected chi connectivity index (χ0v) is 23.7. The molecule has 9 heteroatoms. The first kappa shape index (κ1) is 27.0. The molecule has 2 saturated heterocycles. The Balaban J connectivity index is 1.32. The van der Waals surface area contributed by atoms with E-state index in [0.717, 1.165) is 30.4 Å². The molecule has 3 fully saturated rings. The van der Waals surface area contributed by atoms with E-state index in [9.17, 15) is 14.4 Å². The second-order valence-corrected chi connectivity index (χ2v) is 12.3. The molecule has 0 unspecified atom stereocenters. The number of aryl methyl sites for hydroxylation is 1. The van der Waals surface area contributed by atoms with Gasteiger partial charge in [-0.15, -0.1) is 0 Å². The van der Waals surface area contributed by atoms with Crippen molar-refractivity contribution in [1.29, 1.82) is 0 Å². The van der Waals surface area contributed by atoms with Crippen molar-refractivity contribution < 1.29 is 19.1 Å². The number of amides is 3. The van der Waals surface area contributed by atoms with Crippen LogP contribution < -0.4 is 10.6 Å². The maximum absolute atomic E-state index is 14.2. The van der Waals surface area contributed by atoms with Gasteiger partial charge in [0.25, 0.3) is 0 Å². The molecule has 2 aromatic rings. The number of aromatic nitrogens is 1. The number of fused-ring (bicyclic) bond motifs is 1. The van der Waals surface area contributed by atoms with E-state index in [2.05, 4.69) is 29.5 Å². The molecule has 6 rings (SSSR count). The molecule has 40 heavy (non-hydrogen) atoms. The fourth-order valence-electron chi connectivity index (χ4n) is 7.07. The number of hydrogen-bond donors (Lipinski definition) is 2. The molecule has 1 aromatic carbocycles. The van der Waals surface area contributed by atoms with Gasteiger partial charge in [-0.3, -0.25) is 19.4 Å². The van der Waals surface area contributed by atoms with Gasteiger partial charge in [0.05, 0.1) is 17.9 Å². The summed E-state index contributed by atoms with van der Waals surface area (Å²) in [5, 5.41) is 6.76. The van der Waals surface area contributed by atoms with Crippen molar-refractivity contribution in [1.82, 2.24) is 15.2 Å². The first-order valence-corrected chi connectivity index (χ1v) is 14.5. The molecule has 4 aliphatic rings. The van der Waals surface area contributed by atoms with Crippen molar-refractivity contribution in [2.24, 2.45) is 23.7 Å². The molecule has 4 heterocycles. The summed E-state index contributed by atoms with van der Waals surface area (Å²) < 4.78 is 6.47. The molecular weight excluding hydrogens is 528 g/mol. The lowest BCUT2D eigenvalue weighted by Crippen LogP contribution is -2.57. The Morgan fingerprint density at radius 1 is 1.20 bits per heavy atom. The third kappa shape index (κ3) is 4.41. The number of benzene rings is 1. The summed E-state index contributed by atoms with van der Waals surface area (Å²) in [5.74, 6) is -1.59. The van der Waals surface area contributed by atoms with Crippen molar-refractivity contribution in [3.05, 3.63) is 71.0 Å². The highest BCUT2D eigenvalue weighted by atomic mass is 35.5. The minimum Gasteiger partial charge on any atom is -0.359 e. The standard InChI is InChI=1S/C31H35ClN4O4/c1-17-6-4-8-23(19(17)3)35-29(38)27-31-12-11-24(40-31)25(28(37)34-21-10-9-18(2)22(32)14-21)26(31)30(39)36(27)16-20-7-5-13-33-15-20/h5,7,9-15,17,19,23-27H,4,6,8,16H2,1-3H3,(H,34,37)(H,35,38)/t17-,19-,23+,24+,25-,26+,27+,31+/m0/s1. The highest BCUT2D eigenvalue weighted by molar-refractivity contribution is 6.31. The lowest BCUT2D eigenvalue weighted by molar-refractivity contribution is -0.142. The van der Waals surface area contributed by atoms with E-state index in [1.54, 1.807) is 35.5 Å². The van der Waals surface area contributed by atoms with Gasteiger partial charge in [-0.25, -0.2) is 0 Å². The Hall–Kier alpha value is -3.23. The summed E-state index contributed by atoms with van der Waals surface area (Å²) in [6, 6.07) is 8.12. The van der Waals surface area contributed by atoms with Crippen LogP contribution in [0.15, 0.2) is 54.9 Å². The second kappa shape index (κ2) is 10.3. The van der Waals surface area contributed by atoms with E-state index < -0.39 is 29.6 Å². The molecule has 2 N–H and O–H groups in total. The van der Waals surface area contributed by atoms with Gasteiger partial charge in [-0.2, -0.15) is 0 Å². The van der Waals surface area contributed by atoms with E-state index in [1.807, 2.05) is 31.2 Å². The largest absolute Gasteiger partial charge is 0.359 e. The molecule has 2 bridgehead atoms. The lowest BCUT2D eigenvalue weighted by Gasteiger charge is -2.38. The number of ether oxygens (including phenoxy) is 1.